The third kappa shape index (κ3) is 4.95. The zero-order valence-corrected chi connectivity index (χ0v) is 20.3. The molecule has 174 valence electrons. The fourth-order valence-corrected chi connectivity index (χ4v) is 6.65. The van der Waals surface area contributed by atoms with Crippen LogP contribution in [0.25, 0.3) is 10.1 Å². The molecule has 1 saturated carbocycles. The van der Waals surface area contributed by atoms with Crippen molar-refractivity contribution < 1.29 is 14.3 Å². The van der Waals surface area contributed by atoms with Crippen LogP contribution in [-0.2, 0) is 0 Å². The van der Waals surface area contributed by atoms with Crippen LogP contribution in [0.4, 0.5) is 0 Å². The van der Waals surface area contributed by atoms with Gasteiger partial charge in [0.25, 0.3) is 0 Å². The predicted octanol–water partition coefficient (Wildman–Crippen LogP) is 6.66. The van der Waals surface area contributed by atoms with Crippen molar-refractivity contribution in [1.29, 1.82) is 0 Å². The summed E-state index contributed by atoms with van der Waals surface area (Å²) < 4.78 is 12.5. The molecular weight excluding hydrogens is 430 g/mol. The van der Waals surface area contributed by atoms with Crippen molar-refractivity contribution in [3.63, 3.8) is 0 Å². The van der Waals surface area contributed by atoms with E-state index in [-0.39, 0.29) is 5.78 Å². The summed E-state index contributed by atoms with van der Waals surface area (Å²) in [5, 5.41) is 1.05. The summed E-state index contributed by atoms with van der Waals surface area (Å²) in [5.74, 6) is 2.28. The molecule has 4 nitrogen and oxygen atoms in total. The molecule has 0 atom stereocenters. The number of carbonyl (C=O) groups is 1. The van der Waals surface area contributed by atoms with E-state index in [0.29, 0.717) is 12.5 Å². The molecule has 2 aliphatic rings. The molecule has 33 heavy (non-hydrogen) atoms. The lowest BCUT2D eigenvalue weighted by Gasteiger charge is -2.26. The Morgan fingerprint density at radius 2 is 1.70 bits per heavy atom. The monoisotopic (exact) mass is 463 g/mol. The van der Waals surface area contributed by atoms with Crippen molar-refractivity contribution in [3.8, 4) is 11.5 Å². The van der Waals surface area contributed by atoms with Crippen LogP contribution < -0.4 is 9.47 Å². The number of likely N-dealkylation sites (tertiary alicyclic amines) is 1. The number of piperidine rings is 1. The van der Waals surface area contributed by atoms with Crippen molar-refractivity contribution >= 4 is 27.2 Å². The molecule has 0 spiro atoms. The number of rotatable bonds is 8. The van der Waals surface area contributed by atoms with E-state index in [4.69, 9.17) is 9.47 Å². The summed E-state index contributed by atoms with van der Waals surface area (Å²) in [5.41, 5.74) is 1.62. The van der Waals surface area contributed by atoms with Crippen molar-refractivity contribution in [2.24, 2.45) is 0 Å². The average Bonchev–Trinajstić information content (AvgIpc) is 3.52. The summed E-state index contributed by atoms with van der Waals surface area (Å²) in [6.07, 6.45) is 8.79. The fraction of sp³-hybridized carbons (Fsp3) is 0.464. The highest BCUT2D eigenvalue weighted by Crippen LogP contribution is 2.44. The third-order valence-corrected chi connectivity index (χ3v) is 8.43. The van der Waals surface area contributed by atoms with Crippen LogP contribution in [0.1, 0.15) is 71.7 Å². The highest BCUT2D eigenvalue weighted by atomic mass is 32.1. The van der Waals surface area contributed by atoms with Crippen molar-refractivity contribution in [1.82, 2.24) is 4.90 Å². The fourth-order valence-electron chi connectivity index (χ4n) is 5.25. The molecule has 1 aliphatic heterocycles. The zero-order valence-electron chi connectivity index (χ0n) is 19.5. The van der Waals surface area contributed by atoms with Gasteiger partial charge in [-0.15, -0.1) is 11.3 Å². The Kier molecular flexibility index (Phi) is 6.98. The van der Waals surface area contributed by atoms with Gasteiger partial charge in [0.15, 0.2) is 5.78 Å². The van der Waals surface area contributed by atoms with Crippen molar-refractivity contribution in [3.05, 3.63) is 58.5 Å². The summed E-state index contributed by atoms with van der Waals surface area (Å²) in [6, 6.07) is 13.8. The van der Waals surface area contributed by atoms with Gasteiger partial charge in [0.05, 0.1) is 7.11 Å². The van der Waals surface area contributed by atoms with Gasteiger partial charge >= 0.3 is 0 Å². The first-order chi connectivity index (χ1) is 16.2. The molecule has 2 aromatic carbocycles. The number of ketones is 1. The molecule has 1 saturated heterocycles. The SMILES string of the molecule is COc1ccc2c(C(=O)c3ccc(OCCN4CCCCC4)cc3)c(C3CCCC3)sc2c1. The lowest BCUT2D eigenvalue weighted by molar-refractivity contribution is 0.103. The maximum Gasteiger partial charge on any atom is 0.194 e. The van der Waals surface area contributed by atoms with E-state index in [9.17, 15) is 4.79 Å². The van der Waals surface area contributed by atoms with E-state index in [2.05, 4.69) is 17.0 Å². The molecule has 1 aromatic heterocycles. The van der Waals surface area contributed by atoms with Crippen LogP contribution in [0.2, 0.25) is 0 Å². The van der Waals surface area contributed by atoms with E-state index >= 15 is 0 Å². The Morgan fingerprint density at radius 1 is 0.970 bits per heavy atom. The molecule has 5 heteroatoms. The molecule has 3 aromatic rings. The Hall–Kier alpha value is -2.37. The highest BCUT2D eigenvalue weighted by molar-refractivity contribution is 7.19. The molecule has 2 fully saturated rings. The van der Waals surface area contributed by atoms with Gasteiger partial charge in [-0.05, 0) is 87.2 Å². The lowest BCUT2D eigenvalue weighted by Crippen LogP contribution is -2.33. The number of carbonyl (C=O) groups excluding carboxylic acids is 1. The summed E-state index contributed by atoms with van der Waals surface area (Å²) in [4.78, 5) is 17.4. The van der Waals surface area contributed by atoms with Gasteiger partial charge in [0, 0.05) is 32.6 Å². The lowest BCUT2D eigenvalue weighted by atomic mass is 9.94. The second-order valence-electron chi connectivity index (χ2n) is 9.29. The number of benzene rings is 2. The zero-order chi connectivity index (χ0) is 22.6. The predicted molar refractivity (Wildman–Crippen MR) is 135 cm³/mol. The van der Waals surface area contributed by atoms with Gasteiger partial charge in [-0.3, -0.25) is 9.69 Å². The summed E-state index contributed by atoms with van der Waals surface area (Å²) in [7, 11) is 1.69. The highest BCUT2D eigenvalue weighted by Gasteiger charge is 2.28. The minimum absolute atomic E-state index is 0.119. The maximum absolute atomic E-state index is 13.7. The number of methoxy groups -OCH3 is 1. The third-order valence-electron chi connectivity index (χ3n) is 7.12. The van der Waals surface area contributed by atoms with Gasteiger partial charge in [-0.1, -0.05) is 19.3 Å². The largest absolute Gasteiger partial charge is 0.497 e. The van der Waals surface area contributed by atoms with Gasteiger partial charge in [0.1, 0.15) is 18.1 Å². The average molecular weight is 464 g/mol. The summed E-state index contributed by atoms with van der Waals surface area (Å²) >= 11 is 1.77. The topological polar surface area (TPSA) is 38.8 Å². The van der Waals surface area contributed by atoms with E-state index in [0.717, 1.165) is 39.3 Å². The van der Waals surface area contributed by atoms with Crippen molar-refractivity contribution in [2.75, 3.05) is 33.4 Å². The van der Waals surface area contributed by atoms with Crippen LogP contribution >= 0.6 is 11.3 Å². The van der Waals surface area contributed by atoms with E-state index in [1.807, 2.05) is 30.3 Å². The smallest absolute Gasteiger partial charge is 0.194 e. The maximum atomic E-state index is 13.7. The molecule has 0 amide bonds. The first kappa shape index (κ1) is 22.4. The first-order valence-electron chi connectivity index (χ1n) is 12.3. The number of hydrogen-bond donors (Lipinski definition) is 0. The van der Waals surface area contributed by atoms with Crippen LogP contribution in [-0.4, -0.2) is 44.0 Å². The Morgan fingerprint density at radius 3 is 2.42 bits per heavy atom. The van der Waals surface area contributed by atoms with E-state index in [1.165, 1.54) is 62.9 Å². The molecule has 5 rings (SSSR count). The Balaban J connectivity index is 1.34. The standard InChI is InChI=1S/C28H33NO3S/c1-31-23-13-14-24-25(19-23)33-28(21-7-3-4-8-21)26(24)27(30)20-9-11-22(12-10-20)32-18-17-29-15-5-2-6-16-29/h9-14,19,21H,2-8,15-18H2,1H3. The second-order valence-corrected chi connectivity index (χ2v) is 10.4. The molecule has 0 unspecified atom stereocenters. The Bertz CT molecular complexity index is 1090. The van der Waals surface area contributed by atoms with Gasteiger partial charge in [-0.25, -0.2) is 0 Å². The van der Waals surface area contributed by atoms with Crippen molar-refractivity contribution in [2.45, 2.75) is 50.9 Å². The number of hydrogen-bond acceptors (Lipinski definition) is 5. The minimum atomic E-state index is 0.119. The van der Waals surface area contributed by atoms with Gasteiger partial charge < -0.3 is 9.47 Å². The van der Waals surface area contributed by atoms with Gasteiger partial charge in [-0.2, -0.15) is 0 Å². The normalized spacial score (nSPS) is 17.5. The molecule has 0 N–H and O–H groups in total. The summed E-state index contributed by atoms with van der Waals surface area (Å²) in [6.45, 7) is 4.02. The molecule has 1 aliphatic carbocycles. The van der Waals surface area contributed by atoms with Crippen LogP contribution in [0.3, 0.4) is 0 Å². The first-order valence-corrected chi connectivity index (χ1v) is 13.1. The van der Waals surface area contributed by atoms with Crippen LogP contribution in [0.15, 0.2) is 42.5 Å². The molecule has 2 heterocycles. The van der Waals surface area contributed by atoms with Crippen LogP contribution in [0.5, 0.6) is 11.5 Å². The van der Waals surface area contributed by atoms with E-state index in [1.54, 1.807) is 18.4 Å². The quantitative estimate of drug-likeness (QED) is 0.350. The Labute approximate surface area is 200 Å². The second kappa shape index (κ2) is 10.3. The number of nitrogens with zero attached hydrogens (tertiary/aromatic N) is 1. The molecule has 0 bridgehead atoms. The molecule has 0 radical (unpaired) electrons. The number of thiophene rings is 1. The molecular formula is C28H33NO3S. The minimum Gasteiger partial charge on any atom is -0.497 e. The van der Waals surface area contributed by atoms with E-state index < -0.39 is 0 Å². The number of fused-ring (bicyclic) bond motifs is 1. The number of ether oxygens (including phenoxy) is 2. The van der Waals surface area contributed by atoms with Gasteiger partial charge in [0.2, 0.25) is 0 Å². The van der Waals surface area contributed by atoms with Crippen LogP contribution in [0, 0.1) is 0 Å².